The van der Waals surface area contributed by atoms with E-state index >= 15 is 0 Å². The van der Waals surface area contributed by atoms with Crippen LogP contribution in [0.3, 0.4) is 0 Å². The average Bonchev–Trinajstić information content (AvgIpc) is 2.52. The third-order valence-electron chi connectivity index (χ3n) is 2.23. The quantitative estimate of drug-likeness (QED) is 0.465. The van der Waals surface area contributed by atoms with E-state index in [-0.39, 0.29) is 16.9 Å². The Bertz CT molecular complexity index is 600. The summed E-state index contributed by atoms with van der Waals surface area (Å²) in [5, 5.41) is 8.93. The second kappa shape index (κ2) is 3.95. The molecule has 0 atom stereocenters. The number of hydrogen-bond acceptors (Lipinski definition) is 6. The number of rotatable bonds is 2. The van der Waals surface area contributed by atoms with Gasteiger partial charge in [-0.05, 0) is 12.1 Å². The highest BCUT2D eigenvalue weighted by atomic mass is 16.6. The number of benzene rings is 1. The number of ether oxygens (including phenoxy) is 2. The molecule has 0 saturated carbocycles. The molecular weight excluding hydrogens is 244 g/mol. The molecule has 1 heterocycles. The van der Waals surface area contributed by atoms with Crippen LogP contribution < -0.4 is 4.74 Å². The van der Waals surface area contributed by atoms with Crippen molar-refractivity contribution >= 4 is 23.9 Å². The number of cyclic esters (lactones) is 2. The zero-order chi connectivity index (χ0) is 13.4. The summed E-state index contributed by atoms with van der Waals surface area (Å²) < 4.78 is 8.99. The average molecular weight is 250 g/mol. The molecule has 2 rings (SSSR count). The Labute approximate surface area is 99.9 Å². The molecule has 7 nitrogen and oxygen atoms in total. The van der Waals surface area contributed by atoms with Gasteiger partial charge < -0.3 is 14.6 Å². The molecule has 18 heavy (non-hydrogen) atoms. The first kappa shape index (κ1) is 11.8. The topological polar surface area (TPSA) is 107 Å². The lowest BCUT2D eigenvalue weighted by molar-refractivity contribution is -0.131. The van der Waals surface area contributed by atoms with Crippen LogP contribution in [0.5, 0.6) is 5.75 Å². The second-order valence-corrected chi connectivity index (χ2v) is 3.47. The highest BCUT2D eigenvalue weighted by Gasteiger charge is 2.32. The number of esters is 3. The summed E-state index contributed by atoms with van der Waals surface area (Å²) in [6.45, 7) is 1.09. The number of carbonyl (C=O) groups excluding carboxylic acids is 3. The van der Waals surface area contributed by atoms with Crippen LogP contribution in [0.15, 0.2) is 12.1 Å². The third kappa shape index (κ3) is 1.81. The summed E-state index contributed by atoms with van der Waals surface area (Å²) in [6, 6.07) is 1.95. The van der Waals surface area contributed by atoms with E-state index in [1.165, 1.54) is 0 Å². The summed E-state index contributed by atoms with van der Waals surface area (Å²) in [4.78, 5) is 44.3. The van der Waals surface area contributed by atoms with E-state index in [1.54, 1.807) is 0 Å². The Morgan fingerprint density at radius 2 is 1.72 bits per heavy atom. The normalized spacial score (nSPS) is 12.9. The van der Waals surface area contributed by atoms with Crippen LogP contribution in [0.2, 0.25) is 0 Å². The molecule has 0 spiro atoms. The van der Waals surface area contributed by atoms with E-state index in [0.717, 1.165) is 19.1 Å². The molecule has 92 valence electrons. The Morgan fingerprint density at radius 3 is 2.22 bits per heavy atom. The molecule has 0 fully saturated rings. The third-order valence-corrected chi connectivity index (χ3v) is 2.23. The standard InChI is InChI=1S/C11H6O7/c1-4(12)17-8-3-6-5(2-7(8)9(13)14)10(15)18-11(6)16/h2-3H,1H3,(H,13,14). The summed E-state index contributed by atoms with van der Waals surface area (Å²) in [5.74, 6) is -4.26. The monoisotopic (exact) mass is 250 g/mol. The van der Waals surface area contributed by atoms with E-state index in [4.69, 9.17) is 5.11 Å². The van der Waals surface area contributed by atoms with Crippen LogP contribution in [0, 0.1) is 0 Å². The first-order valence-corrected chi connectivity index (χ1v) is 4.76. The number of carboxylic acids is 1. The Morgan fingerprint density at radius 1 is 1.17 bits per heavy atom. The number of fused-ring (bicyclic) bond motifs is 1. The van der Waals surface area contributed by atoms with E-state index in [2.05, 4.69) is 9.47 Å². The summed E-state index contributed by atoms with van der Waals surface area (Å²) in [5.41, 5.74) is -0.676. The molecule has 1 aromatic carbocycles. The molecule has 7 heteroatoms. The van der Waals surface area contributed by atoms with Crippen molar-refractivity contribution in [3.05, 3.63) is 28.8 Å². The number of carboxylic acid groups (broad SMARTS) is 1. The molecule has 0 bridgehead atoms. The predicted molar refractivity (Wildman–Crippen MR) is 54.5 cm³/mol. The molecule has 1 aromatic rings. The minimum atomic E-state index is -1.39. The van der Waals surface area contributed by atoms with Gasteiger partial charge in [0, 0.05) is 6.92 Å². The lowest BCUT2D eigenvalue weighted by Crippen LogP contribution is -2.09. The van der Waals surface area contributed by atoms with Crippen molar-refractivity contribution in [3.63, 3.8) is 0 Å². The molecular formula is C11H6O7. The molecule has 0 unspecified atom stereocenters. The van der Waals surface area contributed by atoms with Crippen molar-refractivity contribution in [1.82, 2.24) is 0 Å². The molecule has 0 amide bonds. The number of aromatic carboxylic acids is 1. The predicted octanol–water partition coefficient (Wildman–Crippen LogP) is 0.621. The minimum absolute atomic E-state index is 0.124. The minimum Gasteiger partial charge on any atom is -0.478 e. The highest BCUT2D eigenvalue weighted by Crippen LogP contribution is 2.29. The van der Waals surface area contributed by atoms with Gasteiger partial charge in [0.15, 0.2) is 0 Å². The van der Waals surface area contributed by atoms with Gasteiger partial charge >= 0.3 is 23.9 Å². The van der Waals surface area contributed by atoms with Crippen LogP contribution in [-0.4, -0.2) is 29.0 Å². The fourth-order valence-electron chi connectivity index (χ4n) is 1.52. The van der Waals surface area contributed by atoms with Crippen LogP contribution >= 0.6 is 0 Å². The second-order valence-electron chi connectivity index (χ2n) is 3.47. The van der Waals surface area contributed by atoms with E-state index in [1.807, 2.05) is 0 Å². The summed E-state index contributed by atoms with van der Waals surface area (Å²) in [7, 11) is 0. The lowest BCUT2D eigenvalue weighted by atomic mass is 10.0. The van der Waals surface area contributed by atoms with Crippen molar-refractivity contribution in [1.29, 1.82) is 0 Å². The maximum atomic E-state index is 11.3. The van der Waals surface area contributed by atoms with Crippen molar-refractivity contribution in [2.45, 2.75) is 6.92 Å². The van der Waals surface area contributed by atoms with Gasteiger partial charge in [-0.3, -0.25) is 4.79 Å². The Kier molecular flexibility index (Phi) is 2.59. The van der Waals surface area contributed by atoms with Crippen molar-refractivity contribution in [2.24, 2.45) is 0 Å². The summed E-state index contributed by atoms with van der Waals surface area (Å²) in [6.07, 6.45) is 0. The molecule has 1 aliphatic rings. The summed E-state index contributed by atoms with van der Waals surface area (Å²) >= 11 is 0. The fourth-order valence-corrected chi connectivity index (χ4v) is 1.52. The maximum Gasteiger partial charge on any atom is 0.347 e. The Balaban J connectivity index is 2.63. The first-order valence-electron chi connectivity index (χ1n) is 4.76. The number of hydrogen-bond donors (Lipinski definition) is 1. The van der Waals surface area contributed by atoms with Gasteiger partial charge in [0.25, 0.3) is 0 Å². The van der Waals surface area contributed by atoms with Crippen molar-refractivity contribution in [2.75, 3.05) is 0 Å². The molecule has 0 saturated heterocycles. The zero-order valence-corrected chi connectivity index (χ0v) is 9.05. The van der Waals surface area contributed by atoms with Crippen molar-refractivity contribution in [3.8, 4) is 5.75 Å². The fraction of sp³-hybridized carbons (Fsp3) is 0.0909. The zero-order valence-electron chi connectivity index (χ0n) is 9.05. The van der Waals surface area contributed by atoms with Crippen LogP contribution in [0.1, 0.15) is 38.0 Å². The van der Waals surface area contributed by atoms with Crippen LogP contribution in [0.25, 0.3) is 0 Å². The van der Waals surface area contributed by atoms with Gasteiger partial charge in [-0.2, -0.15) is 0 Å². The maximum absolute atomic E-state index is 11.3. The Hall–Kier alpha value is -2.70. The van der Waals surface area contributed by atoms with E-state index in [0.29, 0.717) is 0 Å². The van der Waals surface area contributed by atoms with Gasteiger partial charge in [0.2, 0.25) is 0 Å². The van der Waals surface area contributed by atoms with Gasteiger partial charge in [0.05, 0.1) is 11.1 Å². The first-order chi connectivity index (χ1) is 8.40. The highest BCUT2D eigenvalue weighted by molar-refractivity contribution is 6.16. The molecule has 0 aromatic heterocycles. The largest absolute Gasteiger partial charge is 0.478 e. The van der Waals surface area contributed by atoms with Gasteiger partial charge in [-0.1, -0.05) is 0 Å². The molecule has 1 aliphatic heterocycles. The molecule has 0 radical (unpaired) electrons. The SMILES string of the molecule is CC(=O)Oc1cc2c(cc1C(=O)O)C(=O)OC2=O. The van der Waals surface area contributed by atoms with Crippen LogP contribution in [-0.2, 0) is 9.53 Å². The van der Waals surface area contributed by atoms with Gasteiger partial charge in [0.1, 0.15) is 11.3 Å². The van der Waals surface area contributed by atoms with Gasteiger partial charge in [-0.25, -0.2) is 14.4 Å². The van der Waals surface area contributed by atoms with Crippen LogP contribution in [0.4, 0.5) is 0 Å². The van der Waals surface area contributed by atoms with Crippen molar-refractivity contribution < 1.29 is 33.8 Å². The smallest absolute Gasteiger partial charge is 0.347 e. The lowest BCUT2D eigenvalue weighted by Gasteiger charge is -2.06. The van der Waals surface area contributed by atoms with E-state index < -0.39 is 29.4 Å². The molecule has 0 aliphatic carbocycles. The van der Waals surface area contributed by atoms with Gasteiger partial charge in [-0.15, -0.1) is 0 Å². The molecule has 1 N–H and O–H groups in total. The van der Waals surface area contributed by atoms with E-state index in [9.17, 15) is 19.2 Å². The number of carbonyl (C=O) groups is 4.